The lowest BCUT2D eigenvalue weighted by molar-refractivity contribution is -0.143. The first kappa shape index (κ1) is 16.7. The molecule has 5 rings (SSSR count). The number of benzene rings is 1. The predicted octanol–water partition coefficient (Wildman–Crippen LogP) is 2.47. The van der Waals surface area contributed by atoms with Crippen molar-refractivity contribution < 1.29 is 9.90 Å². The van der Waals surface area contributed by atoms with E-state index in [0.717, 1.165) is 28.0 Å². The predicted molar refractivity (Wildman–Crippen MR) is 105 cm³/mol. The van der Waals surface area contributed by atoms with Crippen LogP contribution in [0.4, 0.5) is 0 Å². The largest absolute Gasteiger partial charge is 0.375 e. The number of hydrogen-bond donors (Lipinski definition) is 2. The number of aromatic nitrogens is 4. The SMILES string of the molecule is CN1CC[C@](O)(c2cccc(-n3ccc(-c4c[nH]c5ncccc45)n3)c2)C1=O. The third-order valence-electron chi connectivity index (χ3n) is 5.41. The van der Waals surface area contributed by atoms with Crippen LogP contribution < -0.4 is 0 Å². The smallest absolute Gasteiger partial charge is 0.258 e. The zero-order chi connectivity index (χ0) is 19.3. The number of aliphatic hydroxyl groups is 1. The topological polar surface area (TPSA) is 87.0 Å². The number of amides is 1. The molecule has 1 aliphatic heterocycles. The average Bonchev–Trinajstić information content (AvgIpc) is 3.43. The highest BCUT2D eigenvalue weighted by Crippen LogP contribution is 2.33. The number of pyridine rings is 1. The zero-order valence-corrected chi connectivity index (χ0v) is 15.3. The van der Waals surface area contributed by atoms with Crippen LogP contribution in [0.15, 0.2) is 61.1 Å². The fourth-order valence-electron chi connectivity index (χ4n) is 3.81. The van der Waals surface area contributed by atoms with Crippen molar-refractivity contribution in [3.63, 3.8) is 0 Å². The van der Waals surface area contributed by atoms with Crippen molar-refractivity contribution >= 4 is 16.9 Å². The Kier molecular flexibility index (Phi) is 3.60. The molecule has 1 atom stereocenters. The molecule has 1 amide bonds. The molecule has 28 heavy (non-hydrogen) atoms. The molecule has 1 fully saturated rings. The Morgan fingerprint density at radius 1 is 1.21 bits per heavy atom. The summed E-state index contributed by atoms with van der Waals surface area (Å²) in [7, 11) is 1.71. The summed E-state index contributed by atoms with van der Waals surface area (Å²) in [6, 6.07) is 13.2. The molecule has 4 aromatic rings. The van der Waals surface area contributed by atoms with Crippen molar-refractivity contribution in [2.75, 3.05) is 13.6 Å². The second-order valence-electron chi connectivity index (χ2n) is 7.13. The van der Waals surface area contributed by atoms with Crippen LogP contribution in [0.3, 0.4) is 0 Å². The van der Waals surface area contributed by atoms with Crippen LogP contribution in [-0.4, -0.2) is 49.3 Å². The van der Waals surface area contributed by atoms with Crippen LogP contribution in [-0.2, 0) is 10.4 Å². The van der Waals surface area contributed by atoms with Crippen LogP contribution >= 0.6 is 0 Å². The van der Waals surface area contributed by atoms with Crippen molar-refractivity contribution in [2.24, 2.45) is 0 Å². The van der Waals surface area contributed by atoms with E-state index in [-0.39, 0.29) is 5.91 Å². The standard InChI is InChI=1S/C21H19N5O2/c1-25-11-8-21(28,20(25)27)14-4-2-5-15(12-14)26-10-7-18(24-26)17-13-23-19-16(17)6-3-9-22-19/h2-7,9-10,12-13,28H,8,11H2,1H3,(H,22,23)/t21-/m0/s1. The highest BCUT2D eigenvalue weighted by atomic mass is 16.3. The number of nitrogens with zero attached hydrogens (tertiary/aromatic N) is 4. The summed E-state index contributed by atoms with van der Waals surface area (Å²) in [6.45, 7) is 0.542. The minimum atomic E-state index is -1.47. The molecular formula is C21H19N5O2. The zero-order valence-electron chi connectivity index (χ0n) is 15.3. The number of nitrogens with one attached hydrogen (secondary N) is 1. The van der Waals surface area contributed by atoms with E-state index in [4.69, 9.17) is 0 Å². The van der Waals surface area contributed by atoms with E-state index in [1.807, 2.05) is 48.8 Å². The minimum Gasteiger partial charge on any atom is -0.375 e. The van der Waals surface area contributed by atoms with E-state index >= 15 is 0 Å². The van der Waals surface area contributed by atoms with Gasteiger partial charge in [0.2, 0.25) is 0 Å². The molecule has 0 saturated carbocycles. The second-order valence-corrected chi connectivity index (χ2v) is 7.13. The molecule has 4 heterocycles. The number of H-pyrrole nitrogens is 1. The van der Waals surface area contributed by atoms with Gasteiger partial charge in [0.15, 0.2) is 5.60 Å². The van der Waals surface area contributed by atoms with E-state index < -0.39 is 5.60 Å². The first-order chi connectivity index (χ1) is 13.6. The lowest BCUT2D eigenvalue weighted by atomic mass is 9.92. The third kappa shape index (κ3) is 2.44. The van der Waals surface area contributed by atoms with E-state index in [2.05, 4.69) is 15.1 Å². The lowest BCUT2D eigenvalue weighted by Crippen LogP contribution is -2.36. The molecule has 1 aliphatic rings. The Bertz CT molecular complexity index is 1190. The molecule has 7 heteroatoms. The maximum Gasteiger partial charge on any atom is 0.258 e. The molecule has 140 valence electrons. The second kappa shape index (κ2) is 6.03. The van der Waals surface area contributed by atoms with Gasteiger partial charge in [-0.2, -0.15) is 5.10 Å². The van der Waals surface area contributed by atoms with Gasteiger partial charge >= 0.3 is 0 Å². The first-order valence-electron chi connectivity index (χ1n) is 9.13. The van der Waals surface area contributed by atoms with Crippen LogP contribution in [0.5, 0.6) is 0 Å². The maximum absolute atomic E-state index is 12.4. The normalized spacial score (nSPS) is 19.6. The Hall–Kier alpha value is -3.45. The van der Waals surface area contributed by atoms with Crippen LogP contribution in [0.1, 0.15) is 12.0 Å². The number of likely N-dealkylation sites (tertiary alicyclic amines) is 1. The van der Waals surface area contributed by atoms with Gasteiger partial charge in [0, 0.05) is 49.6 Å². The first-order valence-corrected chi connectivity index (χ1v) is 9.13. The Morgan fingerprint density at radius 3 is 2.93 bits per heavy atom. The monoisotopic (exact) mass is 373 g/mol. The van der Waals surface area contributed by atoms with Gasteiger partial charge in [-0.15, -0.1) is 0 Å². The highest BCUT2D eigenvalue weighted by Gasteiger charge is 2.45. The number of fused-ring (bicyclic) bond motifs is 1. The minimum absolute atomic E-state index is 0.267. The average molecular weight is 373 g/mol. The van der Waals surface area contributed by atoms with E-state index in [9.17, 15) is 9.90 Å². The van der Waals surface area contributed by atoms with Crippen LogP contribution in [0.25, 0.3) is 28.0 Å². The molecule has 2 N–H and O–H groups in total. The summed E-state index contributed by atoms with van der Waals surface area (Å²) in [5, 5.41) is 16.6. The van der Waals surface area contributed by atoms with Crippen molar-refractivity contribution in [3.05, 3.63) is 66.6 Å². The summed E-state index contributed by atoms with van der Waals surface area (Å²) in [5.41, 5.74) is 2.53. The van der Waals surface area contributed by atoms with Gasteiger partial charge in [-0.25, -0.2) is 9.67 Å². The van der Waals surface area contributed by atoms with Gasteiger partial charge in [-0.1, -0.05) is 12.1 Å². The molecular weight excluding hydrogens is 354 g/mol. The molecule has 7 nitrogen and oxygen atoms in total. The molecule has 0 aliphatic carbocycles. The summed E-state index contributed by atoms with van der Waals surface area (Å²) in [4.78, 5) is 21.4. The number of aromatic amines is 1. The quantitative estimate of drug-likeness (QED) is 0.578. The van der Waals surface area contributed by atoms with Gasteiger partial charge in [-0.05, 0) is 35.9 Å². The van der Waals surface area contributed by atoms with Gasteiger partial charge in [-0.3, -0.25) is 4.79 Å². The summed E-state index contributed by atoms with van der Waals surface area (Å²) < 4.78 is 1.75. The van der Waals surface area contributed by atoms with Crippen molar-refractivity contribution in [2.45, 2.75) is 12.0 Å². The fourth-order valence-corrected chi connectivity index (χ4v) is 3.81. The number of likely N-dealkylation sites (N-methyl/N-ethyl adjacent to an activating group) is 1. The number of carbonyl (C=O) groups is 1. The van der Waals surface area contributed by atoms with E-state index in [1.165, 1.54) is 0 Å². The maximum atomic E-state index is 12.4. The van der Waals surface area contributed by atoms with Crippen molar-refractivity contribution in [3.8, 4) is 16.9 Å². The number of carbonyl (C=O) groups excluding carboxylic acids is 1. The van der Waals surface area contributed by atoms with Gasteiger partial charge < -0.3 is 15.0 Å². The number of hydrogen-bond acceptors (Lipinski definition) is 4. The van der Waals surface area contributed by atoms with Crippen molar-refractivity contribution in [1.82, 2.24) is 24.6 Å². The molecule has 0 bridgehead atoms. The molecule has 0 spiro atoms. The fraction of sp³-hybridized carbons (Fsp3) is 0.190. The van der Waals surface area contributed by atoms with Gasteiger partial charge in [0.1, 0.15) is 5.65 Å². The van der Waals surface area contributed by atoms with Crippen LogP contribution in [0.2, 0.25) is 0 Å². The third-order valence-corrected chi connectivity index (χ3v) is 5.41. The Balaban J connectivity index is 1.52. The lowest BCUT2D eigenvalue weighted by Gasteiger charge is -2.21. The highest BCUT2D eigenvalue weighted by molar-refractivity contribution is 5.92. The van der Waals surface area contributed by atoms with Gasteiger partial charge in [0.05, 0.1) is 11.4 Å². The molecule has 3 aromatic heterocycles. The Morgan fingerprint density at radius 2 is 2.11 bits per heavy atom. The molecule has 0 radical (unpaired) electrons. The van der Waals surface area contributed by atoms with Crippen LogP contribution in [0, 0.1) is 0 Å². The number of rotatable bonds is 3. The summed E-state index contributed by atoms with van der Waals surface area (Å²) in [6.07, 6.45) is 5.91. The summed E-state index contributed by atoms with van der Waals surface area (Å²) >= 11 is 0. The van der Waals surface area contributed by atoms with Gasteiger partial charge in [0.25, 0.3) is 5.91 Å². The molecule has 0 unspecified atom stereocenters. The molecule has 1 saturated heterocycles. The Labute approximate surface area is 161 Å². The molecule has 1 aromatic carbocycles. The van der Waals surface area contributed by atoms with E-state index in [0.29, 0.717) is 18.5 Å². The van der Waals surface area contributed by atoms with E-state index in [1.54, 1.807) is 28.9 Å². The van der Waals surface area contributed by atoms with Crippen molar-refractivity contribution in [1.29, 1.82) is 0 Å². The summed E-state index contributed by atoms with van der Waals surface area (Å²) in [5.74, 6) is -0.267.